The minimum atomic E-state index is -1.18. The smallest absolute Gasteiger partial charge is 0.119 e. The highest BCUT2D eigenvalue weighted by Crippen LogP contribution is 2.35. The van der Waals surface area contributed by atoms with Crippen LogP contribution in [0, 0.1) is 6.92 Å². The van der Waals surface area contributed by atoms with Gasteiger partial charge >= 0.3 is 0 Å². The molecule has 4 aromatic carbocycles. The van der Waals surface area contributed by atoms with E-state index in [2.05, 4.69) is 41.1 Å². The maximum absolute atomic E-state index is 12.0. The van der Waals surface area contributed by atoms with Crippen LogP contribution in [0.5, 0.6) is 5.75 Å². The predicted octanol–water partition coefficient (Wildman–Crippen LogP) is 7.16. The summed E-state index contributed by atoms with van der Waals surface area (Å²) in [6.45, 7) is 3.37. The average molecular weight is 482 g/mol. The van der Waals surface area contributed by atoms with Crippen molar-refractivity contribution in [1.82, 2.24) is 4.57 Å². The largest absolute Gasteiger partial charge is 0.492 e. The van der Waals surface area contributed by atoms with E-state index in [0.29, 0.717) is 18.1 Å². The molecule has 1 heterocycles. The van der Waals surface area contributed by atoms with E-state index in [9.17, 15) is 5.11 Å². The Morgan fingerprint density at radius 3 is 2.17 bits per heavy atom. The van der Waals surface area contributed by atoms with Crippen LogP contribution in [-0.2, 0) is 18.6 Å². The molecular weight excluding hydrogens is 454 g/mol. The Hall–Kier alpha value is -3.53. The van der Waals surface area contributed by atoms with Gasteiger partial charge in [-0.15, -0.1) is 0 Å². The normalized spacial score (nSPS) is 13.0. The molecule has 1 N–H and O–H groups in total. The zero-order chi connectivity index (χ0) is 24.3. The van der Waals surface area contributed by atoms with E-state index in [4.69, 9.17) is 16.3 Å². The molecule has 1 unspecified atom stereocenters. The van der Waals surface area contributed by atoms with E-state index in [-0.39, 0.29) is 0 Å². The third kappa shape index (κ3) is 5.12. The number of ether oxygens (including phenoxy) is 1. The van der Waals surface area contributed by atoms with Crippen molar-refractivity contribution in [2.24, 2.45) is 0 Å². The zero-order valence-corrected chi connectivity index (χ0v) is 20.5. The van der Waals surface area contributed by atoms with Crippen LogP contribution >= 0.6 is 11.6 Å². The van der Waals surface area contributed by atoms with Crippen molar-refractivity contribution in [3.8, 4) is 5.75 Å². The van der Waals surface area contributed by atoms with Gasteiger partial charge in [-0.3, -0.25) is 0 Å². The number of hydrogen-bond donors (Lipinski definition) is 1. The first kappa shape index (κ1) is 23.2. The molecule has 5 aromatic rings. The van der Waals surface area contributed by atoms with Crippen LogP contribution in [0.2, 0.25) is 5.02 Å². The summed E-state index contributed by atoms with van der Waals surface area (Å²) in [5.41, 5.74) is 3.87. The second-order valence-electron chi connectivity index (χ2n) is 8.97. The van der Waals surface area contributed by atoms with Gasteiger partial charge in [0.2, 0.25) is 0 Å². The summed E-state index contributed by atoms with van der Waals surface area (Å²) in [5, 5.41) is 13.9. The van der Waals surface area contributed by atoms with Crippen LogP contribution < -0.4 is 4.74 Å². The summed E-state index contributed by atoms with van der Waals surface area (Å²) in [7, 11) is 0. The monoisotopic (exact) mass is 481 g/mol. The number of halogens is 1. The first-order valence-electron chi connectivity index (χ1n) is 11.8. The molecular formula is C31H28ClNO2. The van der Waals surface area contributed by atoms with Crippen LogP contribution in [0.1, 0.15) is 22.3 Å². The Labute approximate surface area is 211 Å². The number of hydrogen-bond acceptors (Lipinski definition) is 2. The van der Waals surface area contributed by atoms with Crippen LogP contribution in [-0.4, -0.2) is 16.3 Å². The van der Waals surface area contributed by atoms with Gasteiger partial charge in [0.1, 0.15) is 18.0 Å². The zero-order valence-electron chi connectivity index (χ0n) is 19.7. The molecule has 0 saturated carbocycles. The molecule has 3 nitrogen and oxygen atoms in total. The fourth-order valence-corrected chi connectivity index (χ4v) is 4.65. The number of benzene rings is 4. The SMILES string of the molecule is Cc1ccc(C(O)(Cc2ccc(Cl)cc2)c2ccc(OCCn3ccc4ccccc43)cc2)cc1. The molecule has 0 bridgehead atoms. The van der Waals surface area contributed by atoms with E-state index in [1.54, 1.807) is 0 Å². The summed E-state index contributed by atoms with van der Waals surface area (Å²) >= 11 is 6.08. The first-order chi connectivity index (χ1) is 17.0. The fraction of sp³-hybridized carbons (Fsp3) is 0.161. The lowest BCUT2D eigenvalue weighted by molar-refractivity contribution is 0.0810. The number of para-hydroxylation sites is 1. The third-order valence-electron chi connectivity index (χ3n) is 6.52. The topological polar surface area (TPSA) is 34.4 Å². The minimum Gasteiger partial charge on any atom is -0.492 e. The number of aliphatic hydroxyl groups is 1. The molecule has 1 aromatic heterocycles. The quantitative estimate of drug-likeness (QED) is 0.255. The van der Waals surface area contributed by atoms with Gasteiger partial charge in [0.05, 0.1) is 6.54 Å². The number of rotatable bonds is 8. The Morgan fingerprint density at radius 2 is 1.46 bits per heavy atom. The van der Waals surface area contributed by atoms with Gasteiger partial charge in [-0.2, -0.15) is 0 Å². The summed E-state index contributed by atoms with van der Waals surface area (Å²) in [4.78, 5) is 0. The van der Waals surface area contributed by atoms with Crippen LogP contribution in [0.4, 0.5) is 0 Å². The number of fused-ring (bicyclic) bond motifs is 1. The maximum atomic E-state index is 12.0. The van der Waals surface area contributed by atoms with Crippen molar-refractivity contribution in [3.05, 3.63) is 137 Å². The van der Waals surface area contributed by atoms with Crippen molar-refractivity contribution < 1.29 is 9.84 Å². The minimum absolute atomic E-state index is 0.439. The van der Waals surface area contributed by atoms with Gasteiger partial charge in [-0.1, -0.05) is 83.9 Å². The molecule has 0 radical (unpaired) electrons. The lowest BCUT2D eigenvalue weighted by atomic mass is 9.81. The summed E-state index contributed by atoms with van der Waals surface area (Å²) in [6.07, 6.45) is 2.53. The van der Waals surface area contributed by atoms with E-state index in [1.807, 2.05) is 79.7 Å². The highest BCUT2D eigenvalue weighted by atomic mass is 35.5. The lowest BCUT2D eigenvalue weighted by Gasteiger charge is -2.30. The van der Waals surface area contributed by atoms with Gasteiger partial charge < -0.3 is 14.4 Å². The van der Waals surface area contributed by atoms with Gasteiger partial charge in [0.25, 0.3) is 0 Å². The predicted molar refractivity (Wildman–Crippen MR) is 143 cm³/mol. The Bertz CT molecular complexity index is 1410. The number of aromatic nitrogens is 1. The molecule has 0 aliphatic rings. The summed E-state index contributed by atoms with van der Waals surface area (Å²) in [5.74, 6) is 0.781. The van der Waals surface area contributed by atoms with Crippen molar-refractivity contribution in [2.75, 3.05) is 6.61 Å². The van der Waals surface area contributed by atoms with Crippen molar-refractivity contribution in [3.63, 3.8) is 0 Å². The van der Waals surface area contributed by atoms with E-state index in [1.165, 1.54) is 10.9 Å². The molecule has 4 heteroatoms. The van der Waals surface area contributed by atoms with Crippen LogP contribution in [0.3, 0.4) is 0 Å². The maximum Gasteiger partial charge on any atom is 0.119 e. The summed E-state index contributed by atoms with van der Waals surface area (Å²) in [6, 6.07) is 33.9. The molecule has 0 aliphatic heterocycles. The molecule has 0 amide bonds. The highest BCUT2D eigenvalue weighted by Gasteiger charge is 2.32. The lowest BCUT2D eigenvalue weighted by Crippen LogP contribution is -2.30. The van der Waals surface area contributed by atoms with Crippen molar-refractivity contribution in [2.45, 2.75) is 25.5 Å². The summed E-state index contributed by atoms with van der Waals surface area (Å²) < 4.78 is 8.23. The number of nitrogens with zero attached hydrogens (tertiary/aromatic N) is 1. The molecule has 5 rings (SSSR count). The van der Waals surface area contributed by atoms with Gasteiger partial charge in [-0.25, -0.2) is 0 Å². The van der Waals surface area contributed by atoms with Crippen LogP contribution in [0.25, 0.3) is 10.9 Å². The Morgan fingerprint density at radius 1 is 0.800 bits per heavy atom. The highest BCUT2D eigenvalue weighted by molar-refractivity contribution is 6.30. The molecule has 1 atom stereocenters. The molecule has 0 aliphatic carbocycles. The molecule has 0 fully saturated rings. The van der Waals surface area contributed by atoms with Gasteiger partial charge in [0.15, 0.2) is 0 Å². The van der Waals surface area contributed by atoms with E-state index < -0.39 is 5.60 Å². The molecule has 35 heavy (non-hydrogen) atoms. The third-order valence-corrected chi connectivity index (χ3v) is 6.77. The standard InChI is InChI=1S/C31H28ClNO2/c1-23-6-10-26(11-7-23)31(34,22-24-8-14-28(32)15-9-24)27-12-16-29(17-13-27)35-21-20-33-19-18-25-4-2-3-5-30(25)33/h2-19,34H,20-22H2,1H3. The van der Waals surface area contributed by atoms with Gasteiger partial charge in [-0.05, 0) is 65.4 Å². The van der Waals surface area contributed by atoms with Crippen molar-refractivity contribution in [1.29, 1.82) is 0 Å². The Balaban J connectivity index is 1.34. The Kier molecular flexibility index (Phi) is 6.63. The van der Waals surface area contributed by atoms with E-state index in [0.717, 1.165) is 34.5 Å². The van der Waals surface area contributed by atoms with Gasteiger partial charge in [0, 0.05) is 23.2 Å². The average Bonchev–Trinajstić information content (AvgIpc) is 3.29. The number of aryl methyl sites for hydroxylation is 1. The molecule has 176 valence electrons. The second kappa shape index (κ2) is 9.99. The van der Waals surface area contributed by atoms with Crippen molar-refractivity contribution >= 4 is 22.5 Å². The first-order valence-corrected chi connectivity index (χ1v) is 12.2. The molecule has 0 saturated heterocycles. The second-order valence-corrected chi connectivity index (χ2v) is 9.41. The van der Waals surface area contributed by atoms with E-state index >= 15 is 0 Å². The molecule has 0 spiro atoms. The van der Waals surface area contributed by atoms with Crippen LogP contribution in [0.15, 0.2) is 109 Å². The fourth-order valence-electron chi connectivity index (χ4n) is 4.52.